The van der Waals surface area contributed by atoms with Crippen LogP contribution >= 0.6 is 11.8 Å². The van der Waals surface area contributed by atoms with Crippen LogP contribution in [0.25, 0.3) is 0 Å². The Kier molecular flexibility index (Phi) is 5.09. The molecule has 4 heteroatoms. The second kappa shape index (κ2) is 5.86. The molecule has 0 bridgehead atoms. The van der Waals surface area contributed by atoms with E-state index in [1.54, 1.807) is 0 Å². The van der Waals surface area contributed by atoms with Gasteiger partial charge >= 0.3 is 0 Å². The van der Waals surface area contributed by atoms with Crippen LogP contribution in [-0.2, 0) is 4.74 Å². The van der Waals surface area contributed by atoms with E-state index < -0.39 is 0 Å². The number of morpholine rings is 1. The predicted octanol–water partition coefficient (Wildman–Crippen LogP) is 0.431. The molecule has 1 aliphatic rings. The smallest absolute Gasteiger partial charge is 0.0936 e. The van der Waals surface area contributed by atoms with Gasteiger partial charge in [0, 0.05) is 25.4 Å². The summed E-state index contributed by atoms with van der Waals surface area (Å²) in [6, 6.07) is 0. The summed E-state index contributed by atoms with van der Waals surface area (Å²) in [5.41, 5.74) is 0. The largest absolute Gasteiger partial charge is 0.394 e. The van der Waals surface area contributed by atoms with Crippen molar-refractivity contribution >= 4 is 11.8 Å². The van der Waals surface area contributed by atoms with Crippen molar-refractivity contribution in [2.24, 2.45) is 0 Å². The van der Waals surface area contributed by atoms with Gasteiger partial charge in [-0.25, -0.2) is 0 Å². The maximum Gasteiger partial charge on any atom is 0.0936 e. The third-order valence-electron chi connectivity index (χ3n) is 2.22. The van der Waals surface area contributed by atoms with Gasteiger partial charge in [0.25, 0.3) is 0 Å². The molecule has 1 rings (SSSR count). The molecule has 1 saturated heterocycles. The van der Waals surface area contributed by atoms with Crippen molar-refractivity contribution in [1.82, 2.24) is 4.90 Å². The lowest BCUT2D eigenvalue weighted by Gasteiger charge is -2.35. The lowest BCUT2D eigenvalue weighted by atomic mass is 10.2. The quantitative estimate of drug-likeness (QED) is 0.721. The van der Waals surface area contributed by atoms with Crippen LogP contribution in [0.3, 0.4) is 0 Å². The minimum absolute atomic E-state index is 0.0191. The molecule has 0 aromatic carbocycles. The topological polar surface area (TPSA) is 32.7 Å². The second-order valence-corrected chi connectivity index (χ2v) is 4.49. The monoisotopic (exact) mass is 205 g/mol. The molecular formula is C9H19NO2S. The lowest BCUT2D eigenvalue weighted by Crippen LogP contribution is -2.48. The molecule has 3 nitrogen and oxygen atoms in total. The average molecular weight is 205 g/mol. The van der Waals surface area contributed by atoms with Crippen LogP contribution in [0.15, 0.2) is 0 Å². The summed E-state index contributed by atoms with van der Waals surface area (Å²) >= 11 is 1.86. The van der Waals surface area contributed by atoms with Crippen molar-refractivity contribution in [2.45, 2.75) is 19.1 Å². The van der Waals surface area contributed by atoms with Gasteiger partial charge in [0.05, 0.1) is 18.8 Å². The molecule has 0 aromatic rings. The second-order valence-electron chi connectivity index (χ2n) is 3.50. The van der Waals surface area contributed by atoms with E-state index in [0.29, 0.717) is 0 Å². The normalized spacial score (nSPS) is 30.7. The van der Waals surface area contributed by atoms with E-state index in [1.165, 1.54) is 0 Å². The summed E-state index contributed by atoms with van der Waals surface area (Å²) in [7, 11) is 0. The molecule has 1 aliphatic heterocycles. The fourth-order valence-corrected chi connectivity index (χ4v) is 2.09. The number of rotatable bonds is 4. The van der Waals surface area contributed by atoms with Gasteiger partial charge in [-0.3, -0.25) is 4.90 Å². The first-order valence-electron chi connectivity index (χ1n) is 4.74. The summed E-state index contributed by atoms with van der Waals surface area (Å²) in [6.07, 6.45) is 2.39. The van der Waals surface area contributed by atoms with Gasteiger partial charge in [0.15, 0.2) is 0 Å². The number of thioether (sulfide) groups is 1. The van der Waals surface area contributed by atoms with Crippen LogP contribution in [0.1, 0.15) is 6.92 Å². The molecule has 1 N–H and O–H groups in total. The highest BCUT2D eigenvalue weighted by atomic mass is 32.2. The SMILES string of the molecule is CSCCN1CC(C)OC(CO)C1. The zero-order valence-electron chi connectivity index (χ0n) is 8.40. The minimum Gasteiger partial charge on any atom is -0.394 e. The molecule has 13 heavy (non-hydrogen) atoms. The molecule has 0 amide bonds. The van der Waals surface area contributed by atoms with E-state index >= 15 is 0 Å². The van der Waals surface area contributed by atoms with Gasteiger partial charge in [-0.1, -0.05) is 0 Å². The molecule has 1 fully saturated rings. The standard InChI is InChI=1S/C9H19NO2S/c1-8-5-10(3-4-13-2)6-9(7-11)12-8/h8-9,11H,3-7H2,1-2H3. The molecule has 1 heterocycles. The summed E-state index contributed by atoms with van der Waals surface area (Å²) in [5.74, 6) is 1.16. The first kappa shape index (κ1) is 11.3. The van der Waals surface area contributed by atoms with Gasteiger partial charge in [-0.2, -0.15) is 11.8 Å². The Morgan fingerprint density at radius 3 is 2.92 bits per heavy atom. The molecule has 0 radical (unpaired) electrons. The van der Waals surface area contributed by atoms with Crippen LogP contribution in [0.2, 0.25) is 0 Å². The molecule has 78 valence electrons. The Balaban J connectivity index is 2.29. The Morgan fingerprint density at radius 1 is 1.54 bits per heavy atom. The van der Waals surface area contributed by atoms with E-state index in [9.17, 15) is 0 Å². The maximum atomic E-state index is 9.00. The summed E-state index contributed by atoms with van der Waals surface area (Å²) < 4.78 is 5.55. The summed E-state index contributed by atoms with van der Waals surface area (Å²) in [6.45, 7) is 5.18. The highest BCUT2D eigenvalue weighted by Crippen LogP contribution is 2.10. The zero-order chi connectivity index (χ0) is 9.68. The summed E-state index contributed by atoms with van der Waals surface area (Å²) in [4.78, 5) is 2.37. The Bertz CT molecular complexity index is 146. The van der Waals surface area contributed by atoms with Crippen molar-refractivity contribution in [3.63, 3.8) is 0 Å². The molecule has 0 aromatic heterocycles. The number of aliphatic hydroxyl groups excluding tert-OH is 1. The first-order valence-corrected chi connectivity index (χ1v) is 6.13. The van der Waals surface area contributed by atoms with Crippen molar-refractivity contribution in [2.75, 3.05) is 38.2 Å². The van der Waals surface area contributed by atoms with E-state index in [0.717, 1.165) is 25.4 Å². The molecule has 2 atom stereocenters. The molecule has 0 aliphatic carbocycles. The number of ether oxygens (including phenoxy) is 1. The fraction of sp³-hybridized carbons (Fsp3) is 1.00. The van der Waals surface area contributed by atoms with E-state index in [-0.39, 0.29) is 18.8 Å². The number of aliphatic hydroxyl groups is 1. The number of nitrogens with zero attached hydrogens (tertiary/aromatic N) is 1. The number of hydrogen-bond acceptors (Lipinski definition) is 4. The van der Waals surface area contributed by atoms with Gasteiger partial charge in [-0.15, -0.1) is 0 Å². The highest BCUT2D eigenvalue weighted by Gasteiger charge is 2.23. The van der Waals surface area contributed by atoms with Crippen LogP contribution < -0.4 is 0 Å². The zero-order valence-corrected chi connectivity index (χ0v) is 9.22. The van der Waals surface area contributed by atoms with Crippen molar-refractivity contribution in [1.29, 1.82) is 0 Å². The van der Waals surface area contributed by atoms with E-state index in [1.807, 2.05) is 11.8 Å². The minimum atomic E-state index is 0.0191. The predicted molar refractivity (Wildman–Crippen MR) is 56.2 cm³/mol. The molecular weight excluding hydrogens is 186 g/mol. The first-order chi connectivity index (χ1) is 6.26. The lowest BCUT2D eigenvalue weighted by molar-refractivity contribution is -0.0935. The van der Waals surface area contributed by atoms with E-state index in [2.05, 4.69) is 18.1 Å². The maximum absolute atomic E-state index is 9.00. The van der Waals surface area contributed by atoms with Gasteiger partial charge in [-0.05, 0) is 13.2 Å². The third kappa shape index (κ3) is 3.85. The van der Waals surface area contributed by atoms with Crippen molar-refractivity contribution < 1.29 is 9.84 Å². The number of hydrogen-bond donors (Lipinski definition) is 1. The van der Waals surface area contributed by atoms with Crippen LogP contribution in [0.4, 0.5) is 0 Å². The van der Waals surface area contributed by atoms with Crippen molar-refractivity contribution in [3.8, 4) is 0 Å². The van der Waals surface area contributed by atoms with Crippen LogP contribution in [-0.4, -0.2) is 60.5 Å². The van der Waals surface area contributed by atoms with Crippen molar-refractivity contribution in [3.05, 3.63) is 0 Å². The van der Waals surface area contributed by atoms with Gasteiger partial charge in [0.1, 0.15) is 0 Å². The van der Waals surface area contributed by atoms with Crippen LogP contribution in [0.5, 0.6) is 0 Å². The van der Waals surface area contributed by atoms with Gasteiger partial charge in [0.2, 0.25) is 0 Å². The Labute approximate surface area is 84.4 Å². The van der Waals surface area contributed by atoms with Gasteiger partial charge < -0.3 is 9.84 Å². The van der Waals surface area contributed by atoms with E-state index in [4.69, 9.17) is 9.84 Å². The summed E-state index contributed by atoms with van der Waals surface area (Å²) in [5, 5.41) is 9.00. The Morgan fingerprint density at radius 2 is 2.31 bits per heavy atom. The fourth-order valence-electron chi connectivity index (χ4n) is 1.64. The molecule has 0 saturated carbocycles. The average Bonchev–Trinajstić information content (AvgIpc) is 2.14. The molecule has 0 spiro atoms. The van der Waals surface area contributed by atoms with Crippen LogP contribution in [0, 0.1) is 0 Å². The highest BCUT2D eigenvalue weighted by molar-refractivity contribution is 7.98. The third-order valence-corrected chi connectivity index (χ3v) is 2.81. The molecule has 2 unspecified atom stereocenters. The Hall–Kier alpha value is 0.230.